The number of furan rings is 1. The number of rotatable bonds is 9. The van der Waals surface area contributed by atoms with Crippen LogP contribution in [0.5, 0.6) is 0 Å². The third-order valence-electron chi connectivity index (χ3n) is 6.16. The minimum absolute atomic E-state index is 0.352. The van der Waals surface area contributed by atoms with Crippen LogP contribution in [0.3, 0.4) is 0 Å². The molecular weight excluding hydrogens is 434 g/mol. The van der Waals surface area contributed by atoms with Gasteiger partial charge in [0.05, 0.1) is 19.4 Å². The van der Waals surface area contributed by atoms with Gasteiger partial charge in [0, 0.05) is 7.11 Å². The van der Waals surface area contributed by atoms with Crippen molar-refractivity contribution in [1.29, 1.82) is 0 Å². The highest BCUT2D eigenvalue weighted by molar-refractivity contribution is 5.17. The lowest BCUT2D eigenvalue weighted by atomic mass is 10.0. The highest BCUT2D eigenvalue weighted by Crippen LogP contribution is 2.45. The van der Waals surface area contributed by atoms with Gasteiger partial charge >= 0.3 is 0 Å². The van der Waals surface area contributed by atoms with E-state index >= 15 is 0 Å². The average molecular weight is 466 g/mol. The minimum atomic E-state index is -0.739. The van der Waals surface area contributed by atoms with Crippen molar-refractivity contribution in [2.45, 2.75) is 63.4 Å². The molecule has 7 heteroatoms. The number of ether oxygens (including phenoxy) is 4. The van der Waals surface area contributed by atoms with Crippen molar-refractivity contribution in [3.8, 4) is 0 Å². The molecule has 3 aromatic rings. The van der Waals surface area contributed by atoms with Crippen LogP contribution in [0.2, 0.25) is 0 Å². The molecule has 2 saturated heterocycles. The van der Waals surface area contributed by atoms with Gasteiger partial charge in [0.25, 0.3) is 0 Å². The second-order valence-corrected chi connectivity index (χ2v) is 9.05. The zero-order valence-corrected chi connectivity index (χ0v) is 19.7. The summed E-state index contributed by atoms with van der Waals surface area (Å²) in [5.41, 5.74) is 2.18. The lowest BCUT2D eigenvalue weighted by molar-refractivity contribution is -0.269. The molecule has 5 atom stereocenters. The molecule has 7 nitrogen and oxygen atoms in total. The van der Waals surface area contributed by atoms with E-state index in [1.54, 1.807) is 13.4 Å². The normalized spacial score (nSPS) is 26.6. The van der Waals surface area contributed by atoms with Gasteiger partial charge in [-0.05, 0) is 37.1 Å². The van der Waals surface area contributed by atoms with Gasteiger partial charge in [-0.15, -0.1) is 0 Å². The molecule has 5 rings (SSSR count). The molecule has 2 aliphatic heterocycles. The Kier molecular flexibility index (Phi) is 6.83. The number of hydrogen-bond donors (Lipinski definition) is 0. The van der Waals surface area contributed by atoms with Crippen molar-refractivity contribution < 1.29 is 28.2 Å². The Hall–Kier alpha value is -2.52. The summed E-state index contributed by atoms with van der Waals surface area (Å²) in [5, 5.41) is 1.93. The molecule has 2 aromatic carbocycles. The van der Waals surface area contributed by atoms with E-state index in [-0.39, 0.29) is 12.2 Å². The Bertz CT molecular complexity index is 1030. The summed E-state index contributed by atoms with van der Waals surface area (Å²) in [7, 11) is 1.62. The van der Waals surface area contributed by atoms with Crippen molar-refractivity contribution in [3.63, 3.8) is 0 Å². The van der Waals surface area contributed by atoms with E-state index in [1.165, 1.54) is 0 Å². The molecule has 1 aromatic heterocycles. The van der Waals surface area contributed by atoms with Crippen LogP contribution in [0.25, 0.3) is 0 Å². The zero-order chi connectivity index (χ0) is 23.5. The number of fused-ring (bicyclic) bond motifs is 1. The van der Waals surface area contributed by atoms with Crippen LogP contribution >= 0.6 is 0 Å². The van der Waals surface area contributed by atoms with Crippen molar-refractivity contribution in [2.24, 2.45) is 0 Å². The van der Waals surface area contributed by atoms with E-state index < -0.39 is 24.2 Å². The van der Waals surface area contributed by atoms with Crippen molar-refractivity contribution in [1.82, 2.24) is 5.06 Å². The molecule has 3 heterocycles. The Labute approximate surface area is 200 Å². The smallest absolute Gasteiger partial charge is 0.186 e. The summed E-state index contributed by atoms with van der Waals surface area (Å²) < 4.78 is 30.4. The van der Waals surface area contributed by atoms with Gasteiger partial charge in [-0.1, -0.05) is 60.7 Å². The second kappa shape index (κ2) is 10.00. The summed E-state index contributed by atoms with van der Waals surface area (Å²) in [6.07, 6.45) is -0.0377. The first-order chi connectivity index (χ1) is 16.5. The Balaban J connectivity index is 1.49. The van der Waals surface area contributed by atoms with Crippen LogP contribution in [-0.4, -0.2) is 42.6 Å². The van der Waals surface area contributed by atoms with E-state index in [2.05, 4.69) is 12.1 Å². The van der Waals surface area contributed by atoms with Crippen LogP contribution in [0.15, 0.2) is 83.5 Å². The Morgan fingerprint density at radius 2 is 1.56 bits per heavy atom. The molecule has 180 valence electrons. The molecule has 0 saturated carbocycles. The van der Waals surface area contributed by atoms with Gasteiger partial charge in [0.1, 0.15) is 30.1 Å². The van der Waals surface area contributed by atoms with Crippen molar-refractivity contribution in [2.75, 3.05) is 7.11 Å². The maximum atomic E-state index is 6.46. The lowest BCUT2D eigenvalue weighted by Gasteiger charge is -2.35. The third kappa shape index (κ3) is 4.95. The van der Waals surface area contributed by atoms with Crippen LogP contribution in [0.4, 0.5) is 0 Å². The first-order valence-electron chi connectivity index (χ1n) is 11.6. The molecule has 0 N–H and O–H groups in total. The van der Waals surface area contributed by atoms with Gasteiger partial charge < -0.3 is 23.4 Å². The SMILES string of the molecule is CO[C@@H]1O[C@H]([C@@H](c2ccco2)N(Cc2ccccc2)OCc2ccccc2)[C@H]2OC(C)(C)O[C@@H]12. The summed E-state index contributed by atoms with van der Waals surface area (Å²) in [4.78, 5) is 6.46. The van der Waals surface area contributed by atoms with Crippen LogP contribution < -0.4 is 0 Å². The number of hydrogen-bond acceptors (Lipinski definition) is 7. The predicted octanol–water partition coefficient (Wildman–Crippen LogP) is 4.85. The van der Waals surface area contributed by atoms with Crippen molar-refractivity contribution >= 4 is 0 Å². The molecule has 0 amide bonds. The fourth-order valence-corrected chi connectivity index (χ4v) is 4.68. The molecule has 0 unspecified atom stereocenters. The van der Waals surface area contributed by atoms with Gasteiger partial charge in [0.2, 0.25) is 0 Å². The highest BCUT2D eigenvalue weighted by Gasteiger charge is 2.59. The fourth-order valence-electron chi connectivity index (χ4n) is 4.68. The van der Waals surface area contributed by atoms with Crippen LogP contribution in [0.1, 0.15) is 36.8 Å². The monoisotopic (exact) mass is 465 g/mol. The Morgan fingerprint density at radius 1 is 0.882 bits per heavy atom. The predicted molar refractivity (Wildman–Crippen MR) is 124 cm³/mol. The van der Waals surface area contributed by atoms with Gasteiger partial charge in [-0.2, -0.15) is 5.06 Å². The van der Waals surface area contributed by atoms with Gasteiger partial charge in [0.15, 0.2) is 12.1 Å². The molecule has 0 radical (unpaired) electrons. The summed E-state index contributed by atoms with van der Waals surface area (Å²) in [6, 6.07) is 23.7. The molecule has 34 heavy (non-hydrogen) atoms. The maximum Gasteiger partial charge on any atom is 0.186 e. The molecule has 2 fully saturated rings. The fraction of sp³-hybridized carbons (Fsp3) is 0.407. The van der Waals surface area contributed by atoms with Crippen LogP contribution in [0, 0.1) is 0 Å². The largest absolute Gasteiger partial charge is 0.467 e. The number of nitrogens with zero attached hydrogens (tertiary/aromatic N) is 1. The summed E-state index contributed by atoms with van der Waals surface area (Å²) >= 11 is 0. The van der Waals surface area contributed by atoms with E-state index in [1.807, 2.05) is 79.6 Å². The standard InChI is InChI=1S/C27H31NO6/c1-27(2)33-24-23(32-26(29-3)25(24)34-27)22(21-15-10-16-30-21)28(17-19-11-6-4-7-12-19)31-18-20-13-8-5-9-14-20/h4-16,22-26H,17-18H2,1-3H3/t22-,23-,24-,25-,26-/m1/s1. The molecular formula is C27H31NO6. The van der Waals surface area contributed by atoms with Gasteiger partial charge in [-0.3, -0.25) is 4.84 Å². The lowest BCUT2D eigenvalue weighted by Crippen LogP contribution is -2.42. The second-order valence-electron chi connectivity index (χ2n) is 9.05. The Morgan fingerprint density at radius 3 is 2.21 bits per heavy atom. The van der Waals surface area contributed by atoms with E-state index in [9.17, 15) is 0 Å². The van der Waals surface area contributed by atoms with E-state index in [0.29, 0.717) is 13.2 Å². The molecule has 0 bridgehead atoms. The number of benzene rings is 2. The van der Waals surface area contributed by atoms with Crippen LogP contribution in [-0.2, 0) is 36.9 Å². The van der Waals surface area contributed by atoms with E-state index in [0.717, 1.165) is 16.9 Å². The summed E-state index contributed by atoms with van der Waals surface area (Å²) in [5.74, 6) is -0.0189. The first-order valence-corrected chi connectivity index (χ1v) is 11.6. The van der Waals surface area contributed by atoms with E-state index in [4.69, 9.17) is 28.2 Å². The maximum absolute atomic E-state index is 6.46. The minimum Gasteiger partial charge on any atom is -0.467 e. The van der Waals surface area contributed by atoms with Crippen molar-refractivity contribution in [3.05, 3.63) is 95.9 Å². The number of methoxy groups -OCH3 is 1. The molecule has 0 aliphatic carbocycles. The number of hydroxylamine groups is 2. The third-order valence-corrected chi connectivity index (χ3v) is 6.16. The summed E-state index contributed by atoms with van der Waals surface area (Å²) in [6.45, 7) is 4.75. The molecule has 0 spiro atoms. The zero-order valence-electron chi connectivity index (χ0n) is 19.7. The first kappa shape index (κ1) is 23.2. The average Bonchev–Trinajstić information content (AvgIpc) is 3.55. The molecule has 2 aliphatic rings. The van der Waals surface area contributed by atoms with Gasteiger partial charge in [-0.25, -0.2) is 0 Å². The topological polar surface area (TPSA) is 62.5 Å². The highest BCUT2D eigenvalue weighted by atomic mass is 16.8. The quantitative estimate of drug-likeness (QED) is 0.419.